The van der Waals surface area contributed by atoms with Crippen LogP contribution in [0.3, 0.4) is 0 Å². The molecule has 4 heteroatoms. The maximum Gasteiger partial charge on any atom is 0.0834 e. The van der Waals surface area contributed by atoms with E-state index in [4.69, 9.17) is 11.6 Å². The van der Waals surface area contributed by atoms with Crippen LogP contribution in [-0.2, 0) is 7.05 Å². The predicted molar refractivity (Wildman–Crippen MR) is 54.9 cm³/mol. The Kier molecular flexibility index (Phi) is 3.33. The monoisotopic (exact) mass is 201 g/mol. The van der Waals surface area contributed by atoms with Crippen molar-refractivity contribution in [2.45, 2.75) is 19.9 Å². The fourth-order valence-corrected chi connectivity index (χ4v) is 1.84. The zero-order valence-corrected chi connectivity index (χ0v) is 9.26. The first-order valence-electron chi connectivity index (χ1n) is 4.42. The maximum absolute atomic E-state index is 6.04. The quantitative estimate of drug-likeness (QED) is 0.811. The molecule has 0 spiro atoms. The highest BCUT2D eigenvalue weighted by Crippen LogP contribution is 2.26. The lowest BCUT2D eigenvalue weighted by Crippen LogP contribution is -2.24. The topological polar surface area (TPSA) is 29.9 Å². The van der Waals surface area contributed by atoms with E-state index < -0.39 is 0 Å². The molecule has 0 aromatic carbocycles. The lowest BCUT2D eigenvalue weighted by atomic mass is 10.0. The summed E-state index contributed by atoms with van der Waals surface area (Å²) in [6.07, 6.45) is 1.68. The molecule has 1 heterocycles. The molecule has 0 radical (unpaired) electrons. The Balaban J connectivity index is 3.03. The van der Waals surface area contributed by atoms with E-state index >= 15 is 0 Å². The highest BCUT2D eigenvalue weighted by Gasteiger charge is 2.20. The number of nitrogens with one attached hydrogen (secondary N) is 1. The second-order valence-corrected chi connectivity index (χ2v) is 3.92. The minimum Gasteiger partial charge on any atom is -0.311 e. The Morgan fingerprint density at radius 1 is 1.54 bits per heavy atom. The van der Waals surface area contributed by atoms with Gasteiger partial charge < -0.3 is 5.32 Å². The molecule has 0 aliphatic heterocycles. The molecule has 0 aliphatic rings. The minimum atomic E-state index is 0.264. The number of aryl methyl sites for hydroxylation is 1. The SMILES string of the molecule is CNC(c1c(Cl)cnn1C)C(C)C. The van der Waals surface area contributed by atoms with Crippen LogP contribution >= 0.6 is 11.6 Å². The first-order valence-corrected chi connectivity index (χ1v) is 4.80. The fourth-order valence-electron chi connectivity index (χ4n) is 1.56. The van der Waals surface area contributed by atoms with Gasteiger partial charge in [-0.1, -0.05) is 25.4 Å². The van der Waals surface area contributed by atoms with Gasteiger partial charge in [-0.25, -0.2) is 0 Å². The Labute approximate surface area is 84.1 Å². The van der Waals surface area contributed by atoms with Crippen LogP contribution in [0.5, 0.6) is 0 Å². The highest BCUT2D eigenvalue weighted by molar-refractivity contribution is 6.31. The summed E-state index contributed by atoms with van der Waals surface area (Å²) in [6, 6.07) is 0.264. The van der Waals surface area contributed by atoms with Gasteiger partial charge in [0, 0.05) is 7.05 Å². The minimum absolute atomic E-state index is 0.264. The molecule has 1 atom stereocenters. The van der Waals surface area contributed by atoms with Crippen molar-refractivity contribution in [1.29, 1.82) is 0 Å². The van der Waals surface area contributed by atoms with E-state index in [0.29, 0.717) is 5.92 Å². The third-order valence-corrected chi connectivity index (χ3v) is 2.50. The summed E-state index contributed by atoms with van der Waals surface area (Å²) in [6.45, 7) is 4.31. The number of hydrogen-bond donors (Lipinski definition) is 1. The summed E-state index contributed by atoms with van der Waals surface area (Å²) in [5.74, 6) is 0.498. The molecular formula is C9H16ClN3. The first kappa shape index (κ1) is 10.5. The molecule has 0 fully saturated rings. The van der Waals surface area contributed by atoms with Gasteiger partial charge in [-0.3, -0.25) is 4.68 Å². The fraction of sp³-hybridized carbons (Fsp3) is 0.667. The molecule has 1 unspecified atom stereocenters. The zero-order valence-electron chi connectivity index (χ0n) is 8.50. The van der Waals surface area contributed by atoms with Crippen molar-refractivity contribution in [2.75, 3.05) is 7.05 Å². The summed E-state index contributed by atoms with van der Waals surface area (Å²) in [5.41, 5.74) is 1.05. The van der Waals surface area contributed by atoms with Crippen molar-refractivity contribution >= 4 is 11.6 Å². The third kappa shape index (κ3) is 2.03. The van der Waals surface area contributed by atoms with Gasteiger partial charge in [-0.2, -0.15) is 5.10 Å². The molecule has 1 N–H and O–H groups in total. The second kappa shape index (κ2) is 4.11. The van der Waals surface area contributed by atoms with Crippen molar-refractivity contribution < 1.29 is 0 Å². The molecule has 0 saturated heterocycles. The van der Waals surface area contributed by atoms with Gasteiger partial charge in [-0.05, 0) is 13.0 Å². The number of halogens is 1. The van der Waals surface area contributed by atoms with Crippen molar-refractivity contribution in [2.24, 2.45) is 13.0 Å². The summed E-state index contributed by atoms with van der Waals surface area (Å²) in [4.78, 5) is 0. The molecule has 74 valence electrons. The second-order valence-electron chi connectivity index (χ2n) is 3.51. The molecule has 0 aliphatic carbocycles. The standard InChI is InChI=1S/C9H16ClN3/c1-6(2)8(11-3)9-7(10)5-12-13(9)4/h5-6,8,11H,1-4H3. The summed E-state index contributed by atoms with van der Waals surface area (Å²) in [7, 11) is 3.85. The maximum atomic E-state index is 6.04. The summed E-state index contributed by atoms with van der Waals surface area (Å²) < 4.78 is 1.82. The predicted octanol–water partition coefficient (Wildman–Crippen LogP) is 1.99. The average Bonchev–Trinajstić information content (AvgIpc) is 2.36. The Morgan fingerprint density at radius 2 is 2.15 bits per heavy atom. The Hall–Kier alpha value is -0.540. The van der Waals surface area contributed by atoms with E-state index in [1.165, 1.54) is 0 Å². The average molecular weight is 202 g/mol. The van der Waals surface area contributed by atoms with E-state index in [2.05, 4.69) is 24.3 Å². The molecule has 0 bridgehead atoms. The van der Waals surface area contributed by atoms with Crippen LogP contribution < -0.4 is 5.32 Å². The van der Waals surface area contributed by atoms with E-state index in [1.807, 2.05) is 18.8 Å². The van der Waals surface area contributed by atoms with Crippen LogP contribution in [0.4, 0.5) is 0 Å². The molecule has 0 amide bonds. The highest BCUT2D eigenvalue weighted by atomic mass is 35.5. The van der Waals surface area contributed by atoms with Crippen LogP contribution in [0.25, 0.3) is 0 Å². The smallest absolute Gasteiger partial charge is 0.0834 e. The van der Waals surface area contributed by atoms with E-state index in [-0.39, 0.29) is 6.04 Å². The van der Waals surface area contributed by atoms with Crippen LogP contribution in [0.15, 0.2) is 6.20 Å². The van der Waals surface area contributed by atoms with Crippen molar-refractivity contribution in [3.8, 4) is 0 Å². The molecule has 1 rings (SSSR count). The normalized spacial score (nSPS) is 13.7. The Bertz CT molecular complexity index is 261. The summed E-state index contributed by atoms with van der Waals surface area (Å²) in [5, 5.41) is 8.08. The van der Waals surface area contributed by atoms with Gasteiger partial charge in [-0.15, -0.1) is 0 Å². The van der Waals surface area contributed by atoms with Gasteiger partial charge in [0.2, 0.25) is 0 Å². The van der Waals surface area contributed by atoms with Gasteiger partial charge in [0.1, 0.15) is 0 Å². The number of hydrogen-bond acceptors (Lipinski definition) is 2. The van der Waals surface area contributed by atoms with Crippen molar-refractivity contribution in [3.05, 3.63) is 16.9 Å². The van der Waals surface area contributed by atoms with E-state index in [0.717, 1.165) is 10.7 Å². The third-order valence-electron chi connectivity index (χ3n) is 2.21. The van der Waals surface area contributed by atoms with Gasteiger partial charge in [0.15, 0.2) is 0 Å². The molecular weight excluding hydrogens is 186 g/mol. The Morgan fingerprint density at radius 3 is 2.46 bits per heavy atom. The number of rotatable bonds is 3. The lowest BCUT2D eigenvalue weighted by Gasteiger charge is -2.20. The first-order chi connectivity index (χ1) is 6.07. The molecule has 0 saturated carbocycles. The van der Waals surface area contributed by atoms with Crippen molar-refractivity contribution in [3.63, 3.8) is 0 Å². The van der Waals surface area contributed by atoms with Crippen LogP contribution in [0.2, 0.25) is 5.02 Å². The summed E-state index contributed by atoms with van der Waals surface area (Å²) >= 11 is 6.04. The van der Waals surface area contributed by atoms with Gasteiger partial charge in [0.25, 0.3) is 0 Å². The zero-order chi connectivity index (χ0) is 10.0. The van der Waals surface area contributed by atoms with E-state index in [1.54, 1.807) is 6.20 Å². The largest absolute Gasteiger partial charge is 0.311 e. The molecule has 1 aromatic rings. The van der Waals surface area contributed by atoms with Crippen LogP contribution in [0, 0.1) is 5.92 Å². The van der Waals surface area contributed by atoms with Crippen LogP contribution in [0.1, 0.15) is 25.6 Å². The van der Waals surface area contributed by atoms with E-state index in [9.17, 15) is 0 Å². The van der Waals surface area contributed by atoms with Gasteiger partial charge in [0.05, 0.1) is 23.0 Å². The lowest BCUT2D eigenvalue weighted by molar-refractivity contribution is 0.417. The van der Waals surface area contributed by atoms with Crippen molar-refractivity contribution in [1.82, 2.24) is 15.1 Å². The van der Waals surface area contributed by atoms with Crippen LogP contribution in [-0.4, -0.2) is 16.8 Å². The molecule has 1 aromatic heterocycles. The number of nitrogens with zero attached hydrogens (tertiary/aromatic N) is 2. The molecule has 3 nitrogen and oxygen atoms in total. The molecule has 13 heavy (non-hydrogen) atoms. The van der Waals surface area contributed by atoms with Gasteiger partial charge >= 0.3 is 0 Å². The number of aromatic nitrogens is 2.